The average molecular weight is 102 g/mol. The highest BCUT2D eigenvalue weighted by atomic mass is 14.7. The summed E-state index contributed by atoms with van der Waals surface area (Å²) in [6.07, 6.45) is 10.7. The summed E-state index contributed by atoms with van der Waals surface area (Å²) in [5, 5.41) is 0. The minimum atomic E-state index is 1.12. The molecule has 0 saturated carbocycles. The molecule has 0 spiro atoms. The highest BCUT2D eigenvalue weighted by Crippen LogP contribution is 2.19. The van der Waals surface area contributed by atoms with Crippen LogP contribution in [0, 0.1) is 0 Å². The number of allylic oxidation sites excluding steroid dienone is 5. The van der Waals surface area contributed by atoms with Gasteiger partial charge >= 0.3 is 0 Å². The fourth-order valence-corrected chi connectivity index (χ4v) is 0.820. The summed E-state index contributed by atoms with van der Waals surface area (Å²) >= 11 is 0. The zero-order chi connectivity index (χ0) is 5.40. The van der Waals surface area contributed by atoms with Gasteiger partial charge < -0.3 is 0 Å². The van der Waals surface area contributed by atoms with Crippen molar-refractivity contribution in [1.82, 2.24) is 0 Å². The smallest absolute Gasteiger partial charge is 0.0971 e. The monoisotopic (exact) mass is 102 g/mol. The van der Waals surface area contributed by atoms with Gasteiger partial charge in [0.2, 0.25) is 0 Å². The molecule has 2 rings (SSSR count). The normalized spacial score (nSPS) is 21.0. The van der Waals surface area contributed by atoms with E-state index in [1.807, 2.05) is 24.4 Å². The molecule has 0 saturated heterocycles. The molecule has 0 aromatic heterocycles. The lowest BCUT2D eigenvalue weighted by Gasteiger charge is -1.81. The molecule has 0 aromatic rings. The van der Waals surface area contributed by atoms with E-state index in [9.17, 15) is 0 Å². The first-order valence-electron chi connectivity index (χ1n) is 2.51. The van der Waals surface area contributed by atoms with Crippen molar-refractivity contribution in [2.24, 2.45) is 4.99 Å². The second-order valence-electron chi connectivity index (χ2n) is 1.76. The molecule has 37 valence electrons. The van der Waals surface area contributed by atoms with Crippen molar-refractivity contribution in [2.75, 3.05) is 0 Å². The van der Waals surface area contributed by atoms with Crippen LogP contribution in [0.25, 0.3) is 0 Å². The average Bonchev–Trinajstić information content (AvgIpc) is 2.15. The molecule has 0 unspecified atom stereocenters. The van der Waals surface area contributed by atoms with Crippen molar-refractivity contribution in [3.05, 3.63) is 35.6 Å². The summed E-state index contributed by atoms with van der Waals surface area (Å²) in [6.45, 7) is 0. The highest BCUT2D eigenvalue weighted by Gasteiger charge is 2.06. The van der Waals surface area contributed by atoms with Crippen LogP contribution >= 0.6 is 0 Å². The second kappa shape index (κ2) is 1.19. The Bertz CT molecular complexity index is 203. The van der Waals surface area contributed by atoms with E-state index in [0.717, 1.165) is 5.57 Å². The third-order valence-corrected chi connectivity index (χ3v) is 1.24. The molecular formula is C7H4N. The van der Waals surface area contributed by atoms with Crippen LogP contribution in [0.15, 0.2) is 40.6 Å². The third kappa shape index (κ3) is 0.334. The first-order valence-corrected chi connectivity index (χ1v) is 2.51. The lowest BCUT2D eigenvalue weighted by molar-refractivity contribution is 1.60. The van der Waals surface area contributed by atoms with Gasteiger partial charge in [0.05, 0.1) is 6.21 Å². The van der Waals surface area contributed by atoms with Crippen molar-refractivity contribution < 1.29 is 0 Å². The van der Waals surface area contributed by atoms with Crippen LogP contribution in [0.2, 0.25) is 0 Å². The predicted octanol–water partition coefficient (Wildman–Crippen LogP) is 1.33. The summed E-state index contributed by atoms with van der Waals surface area (Å²) in [4.78, 5) is 3.84. The second-order valence-corrected chi connectivity index (χ2v) is 1.76. The lowest BCUT2D eigenvalue weighted by atomic mass is 10.2. The molecular weight excluding hydrogens is 98.1 g/mol. The highest BCUT2D eigenvalue weighted by molar-refractivity contribution is 5.91. The van der Waals surface area contributed by atoms with Crippen LogP contribution in [0.5, 0.6) is 0 Å². The van der Waals surface area contributed by atoms with Crippen LogP contribution in [-0.2, 0) is 0 Å². The Morgan fingerprint density at radius 3 is 3.38 bits per heavy atom. The quantitative estimate of drug-likeness (QED) is 0.437. The van der Waals surface area contributed by atoms with Crippen LogP contribution in [0.4, 0.5) is 0 Å². The minimum absolute atomic E-state index is 1.12. The summed E-state index contributed by atoms with van der Waals surface area (Å²) in [5.74, 6) is 0. The first-order chi connectivity index (χ1) is 3.97. The fraction of sp³-hybridized carbons (Fsp3) is 0. The van der Waals surface area contributed by atoms with Crippen LogP contribution in [0.1, 0.15) is 0 Å². The van der Waals surface area contributed by atoms with Crippen LogP contribution in [0.3, 0.4) is 0 Å². The Morgan fingerprint density at radius 2 is 2.50 bits per heavy atom. The van der Waals surface area contributed by atoms with Gasteiger partial charge in [-0.3, -0.25) is 4.99 Å². The van der Waals surface area contributed by atoms with E-state index in [1.54, 1.807) is 0 Å². The topological polar surface area (TPSA) is 12.4 Å². The number of aliphatic imine (C=N–C) groups is 1. The predicted molar refractivity (Wildman–Crippen MR) is 32.7 cm³/mol. The Morgan fingerprint density at radius 1 is 1.50 bits per heavy atom. The summed E-state index contributed by atoms with van der Waals surface area (Å²) < 4.78 is 0. The molecule has 1 aliphatic carbocycles. The molecule has 2 aliphatic rings. The zero-order valence-electron chi connectivity index (χ0n) is 4.26. The maximum atomic E-state index is 3.84. The van der Waals surface area contributed by atoms with Crippen molar-refractivity contribution >= 4 is 6.21 Å². The summed E-state index contributed by atoms with van der Waals surface area (Å²) in [6, 6.07) is 0. The summed E-state index contributed by atoms with van der Waals surface area (Å²) in [5.41, 5.74) is 2.30. The molecule has 1 radical (unpaired) electrons. The van der Waals surface area contributed by atoms with Gasteiger partial charge in [0.1, 0.15) is 0 Å². The Kier molecular flexibility index (Phi) is 0.570. The number of nitrogens with zero attached hydrogens (tertiary/aromatic N) is 1. The number of hydrogen-bond donors (Lipinski definition) is 0. The van der Waals surface area contributed by atoms with E-state index in [2.05, 4.69) is 11.2 Å². The molecule has 0 aromatic carbocycles. The van der Waals surface area contributed by atoms with Crippen LogP contribution in [-0.4, -0.2) is 6.21 Å². The van der Waals surface area contributed by atoms with Crippen molar-refractivity contribution in [3.63, 3.8) is 0 Å². The SMILES string of the molecule is [C]1=NC=C2C=CC=C12. The first kappa shape index (κ1) is 3.84. The van der Waals surface area contributed by atoms with E-state index in [0.29, 0.717) is 0 Å². The molecule has 0 atom stereocenters. The molecule has 0 N–H and O–H groups in total. The number of hydrogen-bond acceptors (Lipinski definition) is 1. The maximum Gasteiger partial charge on any atom is 0.0971 e. The van der Waals surface area contributed by atoms with Crippen LogP contribution < -0.4 is 0 Å². The van der Waals surface area contributed by atoms with E-state index in [4.69, 9.17) is 0 Å². The van der Waals surface area contributed by atoms with Gasteiger partial charge in [-0.2, -0.15) is 0 Å². The molecule has 1 aliphatic heterocycles. The Labute approximate surface area is 47.7 Å². The summed E-state index contributed by atoms with van der Waals surface area (Å²) in [7, 11) is 0. The van der Waals surface area contributed by atoms with E-state index >= 15 is 0 Å². The van der Waals surface area contributed by atoms with Gasteiger partial charge in [-0.15, -0.1) is 0 Å². The minimum Gasteiger partial charge on any atom is -0.253 e. The van der Waals surface area contributed by atoms with Gasteiger partial charge in [0.25, 0.3) is 0 Å². The molecule has 1 heteroatoms. The van der Waals surface area contributed by atoms with Gasteiger partial charge in [0, 0.05) is 17.3 Å². The fourth-order valence-electron chi connectivity index (χ4n) is 0.820. The van der Waals surface area contributed by atoms with Gasteiger partial charge in [-0.1, -0.05) is 18.2 Å². The number of rotatable bonds is 0. The largest absolute Gasteiger partial charge is 0.253 e. The molecule has 0 fully saturated rings. The molecule has 1 nitrogen and oxygen atoms in total. The van der Waals surface area contributed by atoms with E-state index < -0.39 is 0 Å². The molecule has 8 heavy (non-hydrogen) atoms. The number of fused-ring (bicyclic) bond motifs is 1. The van der Waals surface area contributed by atoms with Crippen molar-refractivity contribution in [3.8, 4) is 0 Å². The standard InChI is InChI=1S/C7H4N/c1-2-6-4-8-5-7(6)3-1/h1-4H. The molecule has 0 amide bonds. The Balaban J connectivity index is 2.59. The molecule has 0 bridgehead atoms. The van der Waals surface area contributed by atoms with E-state index in [1.165, 1.54) is 5.57 Å². The maximum absolute atomic E-state index is 3.84. The van der Waals surface area contributed by atoms with Crippen molar-refractivity contribution in [2.45, 2.75) is 0 Å². The lowest BCUT2D eigenvalue weighted by Crippen LogP contribution is -1.73. The van der Waals surface area contributed by atoms with Gasteiger partial charge in [-0.25, -0.2) is 0 Å². The van der Waals surface area contributed by atoms with E-state index in [-0.39, 0.29) is 0 Å². The van der Waals surface area contributed by atoms with Gasteiger partial charge in [-0.05, 0) is 0 Å². The third-order valence-electron chi connectivity index (χ3n) is 1.24. The van der Waals surface area contributed by atoms with Gasteiger partial charge in [0.15, 0.2) is 0 Å². The zero-order valence-corrected chi connectivity index (χ0v) is 4.26. The Hall–Kier alpha value is -1.11. The van der Waals surface area contributed by atoms with Crippen molar-refractivity contribution in [1.29, 1.82) is 0 Å². The molecule has 1 heterocycles.